The van der Waals surface area contributed by atoms with Crippen molar-refractivity contribution in [2.45, 2.75) is 0 Å². The standard InChI is InChI=1S/C18H18N2O7S2/c1-28(24,25)19(17(22)14-9-5-3-6-10-14)13-16(21)20(29(2,26)27)18(23)15-11-7-4-8-12-15/h3-12H,13H2,1-2H3. The van der Waals surface area contributed by atoms with Crippen LogP contribution in [-0.4, -0.2) is 62.2 Å². The van der Waals surface area contributed by atoms with Gasteiger partial charge in [-0.05, 0) is 24.3 Å². The molecule has 0 saturated heterocycles. The molecule has 0 aliphatic carbocycles. The van der Waals surface area contributed by atoms with Gasteiger partial charge in [0.15, 0.2) is 0 Å². The second-order valence-corrected chi connectivity index (χ2v) is 9.77. The molecular formula is C18H18N2O7S2. The average Bonchev–Trinajstić information content (AvgIpc) is 2.65. The zero-order chi connectivity index (χ0) is 21.8. The quantitative estimate of drug-likeness (QED) is 0.650. The van der Waals surface area contributed by atoms with Gasteiger partial charge in [0, 0.05) is 11.1 Å². The zero-order valence-corrected chi connectivity index (χ0v) is 17.2. The van der Waals surface area contributed by atoms with Crippen molar-refractivity contribution in [1.29, 1.82) is 0 Å². The molecule has 0 heterocycles. The van der Waals surface area contributed by atoms with Gasteiger partial charge in [0.25, 0.3) is 17.7 Å². The number of imide groups is 1. The highest BCUT2D eigenvalue weighted by molar-refractivity contribution is 7.89. The molecule has 0 bridgehead atoms. The number of hydrogen-bond donors (Lipinski definition) is 0. The third-order valence-corrected chi connectivity index (χ3v) is 5.82. The predicted molar refractivity (Wildman–Crippen MR) is 105 cm³/mol. The summed E-state index contributed by atoms with van der Waals surface area (Å²) >= 11 is 0. The molecule has 2 aromatic rings. The third kappa shape index (κ3) is 5.48. The molecular weight excluding hydrogens is 420 g/mol. The van der Waals surface area contributed by atoms with Gasteiger partial charge in [0.2, 0.25) is 20.0 Å². The molecule has 3 amide bonds. The van der Waals surface area contributed by atoms with Crippen molar-refractivity contribution >= 4 is 37.8 Å². The summed E-state index contributed by atoms with van der Waals surface area (Å²) in [7, 11) is -8.64. The molecule has 11 heteroatoms. The summed E-state index contributed by atoms with van der Waals surface area (Å²) in [6, 6.07) is 14.4. The summed E-state index contributed by atoms with van der Waals surface area (Å²) in [6.07, 6.45) is 1.33. The summed E-state index contributed by atoms with van der Waals surface area (Å²) in [5.74, 6) is -3.56. The van der Waals surface area contributed by atoms with Crippen LogP contribution in [0.1, 0.15) is 20.7 Å². The average molecular weight is 438 g/mol. The van der Waals surface area contributed by atoms with E-state index in [1.54, 1.807) is 12.1 Å². The Morgan fingerprint density at radius 1 is 0.690 bits per heavy atom. The largest absolute Gasteiger partial charge is 0.274 e. The number of nitrogens with zero attached hydrogens (tertiary/aromatic N) is 2. The van der Waals surface area contributed by atoms with E-state index in [1.807, 2.05) is 0 Å². The van der Waals surface area contributed by atoms with Gasteiger partial charge in [-0.2, -0.15) is 4.31 Å². The summed E-state index contributed by atoms with van der Waals surface area (Å²) in [5, 5.41) is 0. The van der Waals surface area contributed by atoms with Crippen LogP contribution in [0.5, 0.6) is 0 Å². The maximum Gasteiger partial charge on any atom is 0.274 e. The Hall–Kier alpha value is -3.05. The molecule has 0 aliphatic rings. The molecule has 0 aliphatic heterocycles. The smallest absolute Gasteiger partial charge is 0.271 e. The Morgan fingerprint density at radius 2 is 1.10 bits per heavy atom. The molecule has 0 unspecified atom stereocenters. The summed E-state index contributed by atoms with van der Waals surface area (Å²) in [4.78, 5) is 37.8. The SMILES string of the molecule is CS(=O)(=O)N(CC(=O)N(C(=O)c1ccccc1)S(C)(=O)=O)C(=O)c1ccccc1. The minimum Gasteiger partial charge on any atom is -0.271 e. The summed E-state index contributed by atoms with van der Waals surface area (Å²) in [5.41, 5.74) is -0.113. The number of amides is 3. The molecule has 154 valence electrons. The highest BCUT2D eigenvalue weighted by Crippen LogP contribution is 2.13. The van der Waals surface area contributed by atoms with Crippen LogP contribution in [0, 0.1) is 0 Å². The number of carbonyl (C=O) groups excluding carboxylic acids is 3. The van der Waals surface area contributed by atoms with Crippen LogP contribution in [-0.2, 0) is 24.8 Å². The monoisotopic (exact) mass is 438 g/mol. The number of carbonyl (C=O) groups is 3. The van der Waals surface area contributed by atoms with Gasteiger partial charge in [-0.15, -0.1) is 0 Å². The first kappa shape index (κ1) is 22.2. The first-order chi connectivity index (χ1) is 13.4. The number of hydrogen-bond acceptors (Lipinski definition) is 7. The molecule has 0 saturated carbocycles. The molecule has 0 aromatic heterocycles. The maximum absolute atomic E-state index is 12.7. The summed E-state index contributed by atoms with van der Waals surface area (Å²) < 4.78 is 48.5. The number of rotatable bonds is 6. The number of benzene rings is 2. The van der Waals surface area contributed by atoms with Gasteiger partial charge in [-0.3, -0.25) is 14.4 Å². The van der Waals surface area contributed by atoms with Gasteiger partial charge < -0.3 is 0 Å². The molecule has 0 atom stereocenters. The topological polar surface area (TPSA) is 126 Å². The van der Waals surface area contributed by atoms with E-state index in [1.165, 1.54) is 48.5 Å². The van der Waals surface area contributed by atoms with Crippen LogP contribution in [0.15, 0.2) is 60.7 Å². The van der Waals surface area contributed by atoms with E-state index >= 15 is 0 Å². The Balaban J connectivity index is 2.42. The van der Waals surface area contributed by atoms with Crippen LogP contribution in [0.2, 0.25) is 0 Å². The van der Waals surface area contributed by atoms with Crippen molar-refractivity contribution < 1.29 is 31.2 Å². The van der Waals surface area contributed by atoms with Crippen LogP contribution >= 0.6 is 0 Å². The fourth-order valence-corrected chi connectivity index (χ4v) is 3.98. The highest BCUT2D eigenvalue weighted by Gasteiger charge is 2.36. The Kier molecular flexibility index (Phi) is 6.55. The molecule has 2 rings (SSSR count). The Morgan fingerprint density at radius 3 is 1.48 bits per heavy atom. The van der Waals surface area contributed by atoms with Crippen molar-refractivity contribution in [2.24, 2.45) is 0 Å². The summed E-state index contributed by atoms with van der Waals surface area (Å²) in [6.45, 7) is -1.15. The van der Waals surface area contributed by atoms with Crippen molar-refractivity contribution in [3.63, 3.8) is 0 Å². The second-order valence-electron chi connectivity index (χ2n) is 6.03. The molecule has 0 N–H and O–H groups in total. The molecule has 2 aromatic carbocycles. The first-order valence-corrected chi connectivity index (χ1v) is 11.8. The second kappa shape index (κ2) is 8.53. The highest BCUT2D eigenvalue weighted by atomic mass is 32.2. The zero-order valence-electron chi connectivity index (χ0n) is 15.5. The van der Waals surface area contributed by atoms with E-state index in [2.05, 4.69) is 0 Å². The van der Waals surface area contributed by atoms with E-state index in [0.29, 0.717) is 12.5 Å². The molecule has 0 fully saturated rings. The number of sulfonamides is 2. The normalized spacial score (nSPS) is 11.5. The van der Waals surface area contributed by atoms with Crippen LogP contribution < -0.4 is 0 Å². The van der Waals surface area contributed by atoms with Crippen LogP contribution in [0.4, 0.5) is 0 Å². The van der Waals surface area contributed by atoms with E-state index in [4.69, 9.17) is 0 Å². The van der Waals surface area contributed by atoms with Crippen molar-refractivity contribution in [3.8, 4) is 0 Å². The minimum atomic E-state index is -4.39. The fraction of sp³-hybridized carbons (Fsp3) is 0.167. The van der Waals surface area contributed by atoms with Gasteiger partial charge >= 0.3 is 0 Å². The van der Waals surface area contributed by atoms with Gasteiger partial charge in [0.05, 0.1) is 12.5 Å². The maximum atomic E-state index is 12.7. The molecule has 9 nitrogen and oxygen atoms in total. The lowest BCUT2D eigenvalue weighted by molar-refractivity contribution is -0.124. The molecule has 0 spiro atoms. The molecule has 29 heavy (non-hydrogen) atoms. The predicted octanol–water partition coefficient (Wildman–Crippen LogP) is 0.717. The van der Waals surface area contributed by atoms with E-state index in [9.17, 15) is 31.2 Å². The minimum absolute atomic E-state index is 0.0222. The molecule has 0 radical (unpaired) electrons. The van der Waals surface area contributed by atoms with Crippen LogP contribution in [0.3, 0.4) is 0 Å². The lowest BCUT2D eigenvalue weighted by Gasteiger charge is -2.24. The first-order valence-electron chi connectivity index (χ1n) is 8.12. The third-order valence-electron chi connectivity index (χ3n) is 3.69. The van der Waals surface area contributed by atoms with Gasteiger partial charge in [-0.25, -0.2) is 21.1 Å². The van der Waals surface area contributed by atoms with E-state index in [-0.39, 0.29) is 19.7 Å². The van der Waals surface area contributed by atoms with Gasteiger partial charge in [0.1, 0.15) is 6.54 Å². The lowest BCUT2D eigenvalue weighted by Crippen LogP contribution is -2.49. The fourth-order valence-electron chi connectivity index (χ4n) is 2.40. The van der Waals surface area contributed by atoms with Crippen molar-refractivity contribution in [2.75, 3.05) is 19.1 Å². The van der Waals surface area contributed by atoms with E-state index < -0.39 is 44.3 Å². The van der Waals surface area contributed by atoms with Crippen LogP contribution in [0.25, 0.3) is 0 Å². The van der Waals surface area contributed by atoms with Crippen molar-refractivity contribution in [3.05, 3.63) is 71.8 Å². The van der Waals surface area contributed by atoms with E-state index in [0.717, 1.165) is 0 Å². The Labute approximate surface area is 168 Å². The van der Waals surface area contributed by atoms with Gasteiger partial charge in [-0.1, -0.05) is 36.4 Å². The Bertz CT molecular complexity index is 1130. The lowest BCUT2D eigenvalue weighted by atomic mass is 10.2. The van der Waals surface area contributed by atoms with Crippen molar-refractivity contribution in [1.82, 2.24) is 8.61 Å².